The normalized spacial score (nSPS) is 16.9. The van der Waals surface area contributed by atoms with E-state index in [1.165, 1.54) is 12.8 Å². The summed E-state index contributed by atoms with van der Waals surface area (Å²) in [5.74, 6) is 0.667. The van der Waals surface area contributed by atoms with Crippen LogP contribution in [0.1, 0.15) is 33.6 Å². The SMILES string of the molecule is CC(C)Oc1nc(N)nc(NCC2(C)CC2)n1. The van der Waals surface area contributed by atoms with Crippen LogP contribution < -0.4 is 15.8 Å². The van der Waals surface area contributed by atoms with Gasteiger partial charge in [-0.1, -0.05) is 6.92 Å². The lowest BCUT2D eigenvalue weighted by molar-refractivity contribution is 0.222. The van der Waals surface area contributed by atoms with E-state index < -0.39 is 0 Å². The molecular weight excluding hydrogens is 218 g/mol. The molecule has 1 aromatic rings. The van der Waals surface area contributed by atoms with E-state index >= 15 is 0 Å². The number of hydrogen-bond donors (Lipinski definition) is 2. The highest BCUT2D eigenvalue weighted by molar-refractivity contribution is 5.33. The summed E-state index contributed by atoms with van der Waals surface area (Å²) in [6.45, 7) is 6.92. The maximum Gasteiger partial charge on any atom is 0.323 e. The fraction of sp³-hybridized carbons (Fsp3) is 0.727. The van der Waals surface area contributed by atoms with Gasteiger partial charge in [0.15, 0.2) is 0 Å². The van der Waals surface area contributed by atoms with E-state index in [1.807, 2.05) is 13.8 Å². The van der Waals surface area contributed by atoms with Crippen LogP contribution in [0.4, 0.5) is 11.9 Å². The topological polar surface area (TPSA) is 86.0 Å². The van der Waals surface area contributed by atoms with Crippen molar-refractivity contribution in [2.24, 2.45) is 5.41 Å². The second-order valence-corrected chi connectivity index (χ2v) is 5.13. The molecule has 0 atom stereocenters. The first kappa shape index (κ1) is 11.9. The van der Waals surface area contributed by atoms with Gasteiger partial charge in [0.1, 0.15) is 0 Å². The van der Waals surface area contributed by atoms with Gasteiger partial charge in [0.2, 0.25) is 11.9 Å². The second kappa shape index (κ2) is 4.35. The smallest absolute Gasteiger partial charge is 0.323 e. The molecule has 0 aromatic carbocycles. The molecule has 0 saturated heterocycles. The number of aromatic nitrogens is 3. The van der Waals surface area contributed by atoms with Gasteiger partial charge in [0.25, 0.3) is 0 Å². The molecule has 0 radical (unpaired) electrons. The molecule has 17 heavy (non-hydrogen) atoms. The van der Waals surface area contributed by atoms with E-state index in [0.717, 1.165) is 6.54 Å². The zero-order valence-corrected chi connectivity index (χ0v) is 10.5. The van der Waals surface area contributed by atoms with E-state index in [-0.39, 0.29) is 18.1 Å². The number of anilines is 2. The van der Waals surface area contributed by atoms with Crippen molar-refractivity contribution >= 4 is 11.9 Å². The van der Waals surface area contributed by atoms with Crippen LogP contribution in [0.2, 0.25) is 0 Å². The average Bonchev–Trinajstić information content (AvgIpc) is 2.93. The first-order chi connectivity index (χ1) is 7.97. The molecule has 0 amide bonds. The number of nitrogens with zero attached hydrogens (tertiary/aromatic N) is 3. The predicted octanol–water partition coefficient (Wildman–Crippen LogP) is 1.45. The van der Waals surface area contributed by atoms with Gasteiger partial charge in [-0.25, -0.2) is 0 Å². The van der Waals surface area contributed by atoms with Crippen molar-refractivity contribution in [1.29, 1.82) is 0 Å². The van der Waals surface area contributed by atoms with Crippen molar-refractivity contribution in [3.8, 4) is 6.01 Å². The number of nitrogens with one attached hydrogen (secondary N) is 1. The number of nitrogens with two attached hydrogens (primary N) is 1. The third kappa shape index (κ3) is 3.44. The van der Waals surface area contributed by atoms with Gasteiger partial charge in [0.05, 0.1) is 6.10 Å². The van der Waals surface area contributed by atoms with Crippen molar-refractivity contribution in [3.63, 3.8) is 0 Å². The number of rotatable bonds is 5. The Balaban J connectivity index is 2.02. The standard InChI is InChI=1S/C11H19N5O/c1-7(2)17-10-15-8(12)14-9(16-10)13-6-11(3)4-5-11/h7H,4-6H2,1-3H3,(H3,12,13,14,15,16). The lowest BCUT2D eigenvalue weighted by Gasteiger charge is -2.12. The number of hydrogen-bond acceptors (Lipinski definition) is 6. The number of ether oxygens (including phenoxy) is 1. The van der Waals surface area contributed by atoms with Gasteiger partial charge in [-0.15, -0.1) is 0 Å². The predicted molar refractivity (Wildman–Crippen MR) is 65.8 cm³/mol. The molecule has 1 aliphatic carbocycles. The van der Waals surface area contributed by atoms with Crippen LogP contribution in [-0.2, 0) is 0 Å². The molecular formula is C11H19N5O. The second-order valence-electron chi connectivity index (χ2n) is 5.13. The summed E-state index contributed by atoms with van der Waals surface area (Å²) < 4.78 is 5.40. The van der Waals surface area contributed by atoms with Crippen molar-refractivity contribution in [1.82, 2.24) is 15.0 Å². The highest BCUT2D eigenvalue weighted by atomic mass is 16.5. The van der Waals surface area contributed by atoms with Gasteiger partial charge >= 0.3 is 6.01 Å². The molecule has 1 aromatic heterocycles. The summed E-state index contributed by atoms with van der Waals surface area (Å²) in [5, 5.41) is 3.18. The zero-order valence-electron chi connectivity index (χ0n) is 10.5. The lowest BCUT2D eigenvalue weighted by atomic mass is 10.1. The summed E-state index contributed by atoms with van der Waals surface area (Å²) >= 11 is 0. The van der Waals surface area contributed by atoms with Crippen LogP contribution in [0.3, 0.4) is 0 Å². The summed E-state index contributed by atoms with van der Waals surface area (Å²) in [4.78, 5) is 12.1. The van der Waals surface area contributed by atoms with Crippen LogP contribution in [0.5, 0.6) is 6.01 Å². The van der Waals surface area contributed by atoms with Crippen molar-refractivity contribution in [2.45, 2.75) is 39.7 Å². The molecule has 6 nitrogen and oxygen atoms in total. The molecule has 1 heterocycles. The quantitative estimate of drug-likeness (QED) is 0.806. The molecule has 6 heteroatoms. The van der Waals surface area contributed by atoms with Gasteiger partial charge < -0.3 is 15.8 Å². The number of nitrogen functional groups attached to an aromatic ring is 1. The molecule has 0 unspecified atom stereocenters. The highest BCUT2D eigenvalue weighted by Crippen LogP contribution is 2.44. The molecule has 1 saturated carbocycles. The van der Waals surface area contributed by atoms with Gasteiger partial charge in [-0.05, 0) is 32.1 Å². The fourth-order valence-corrected chi connectivity index (χ4v) is 1.40. The zero-order chi connectivity index (χ0) is 12.5. The summed E-state index contributed by atoms with van der Waals surface area (Å²) in [6, 6.07) is 0.274. The van der Waals surface area contributed by atoms with Crippen LogP contribution in [0.25, 0.3) is 0 Å². The van der Waals surface area contributed by atoms with Gasteiger partial charge in [-0.3, -0.25) is 0 Å². The van der Waals surface area contributed by atoms with Crippen LogP contribution in [-0.4, -0.2) is 27.6 Å². The molecule has 0 spiro atoms. The minimum Gasteiger partial charge on any atom is -0.461 e. The van der Waals surface area contributed by atoms with Crippen LogP contribution >= 0.6 is 0 Å². The van der Waals surface area contributed by atoms with E-state index in [9.17, 15) is 0 Å². The van der Waals surface area contributed by atoms with Crippen LogP contribution in [0.15, 0.2) is 0 Å². The Morgan fingerprint density at radius 1 is 1.35 bits per heavy atom. The van der Waals surface area contributed by atoms with Crippen LogP contribution in [0, 0.1) is 5.41 Å². The Labute approximate surface area is 101 Å². The molecule has 1 fully saturated rings. The Kier molecular flexibility index (Phi) is 3.04. The molecule has 3 N–H and O–H groups in total. The third-order valence-electron chi connectivity index (χ3n) is 2.75. The van der Waals surface area contributed by atoms with E-state index in [4.69, 9.17) is 10.5 Å². The van der Waals surface area contributed by atoms with Crippen molar-refractivity contribution < 1.29 is 4.74 Å². The van der Waals surface area contributed by atoms with E-state index in [1.54, 1.807) is 0 Å². The van der Waals surface area contributed by atoms with E-state index in [2.05, 4.69) is 27.2 Å². The Morgan fingerprint density at radius 3 is 2.65 bits per heavy atom. The summed E-state index contributed by atoms with van der Waals surface area (Å²) in [7, 11) is 0. The maximum absolute atomic E-state index is 5.61. The summed E-state index contributed by atoms with van der Waals surface area (Å²) in [6.07, 6.45) is 2.51. The Hall–Kier alpha value is -1.59. The third-order valence-corrected chi connectivity index (χ3v) is 2.75. The largest absolute Gasteiger partial charge is 0.461 e. The Bertz CT molecular complexity index is 403. The molecule has 94 valence electrons. The molecule has 1 aliphatic rings. The average molecular weight is 237 g/mol. The first-order valence-electron chi connectivity index (χ1n) is 5.89. The van der Waals surface area contributed by atoms with E-state index in [0.29, 0.717) is 11.4 Å². The molecule has 0 bridgehead atoms. The van der Waals surface area contributed by atoms with Gasteiger partial charge in [-0.2, -0.15) is 15.0 Å². The Morgan fingerprint density at radius 2 is 2.06 bits per heavy atom. The van der Waals surface area contributed by atoms with Gasteiger partial charge in [0, 0.05) is 6.54 Å². The lowest BCUT2D eigenvalue weighted by Crippen LogP contribution is -2.16. The minimum atomic E-state index is 0.0191. The summed E-state index contributed by atoms with van der Waals surface area (Å²) in [5.41, 5.74) is 6.00. The molecule has 2 rings (SSSR count). The molecule has 0 aliphatic heterocycles. The maximum atomic E-state index is 5.61. The fourth-order valence-electron chi connectivity index (χ4n) is 1.40. The minimum absolute atomic E-state index is 0.0191. The van der Waals surface area contributed by atoms with Crippen molar-refractivity contribution in [2.75, 3.05) is 17.6 Å². The first-order valence-corrected chi connectivity index (χ1v) is 5.89. The van der Waals surface area contributed by atoms with Crippen molar-refractivity contribution in [3.05, 3.63) is 0 Å². The highest BCUT2D eigenvalue weighted by Gasteiger charge is 2.37. The monoisotopic (exact) mass is 237 g/mol.